The van der Waals surface area contributed by atoms with Crippen LogP contribution in [0.4, 0.5) is 0 Å². The van der Waals surface area contributed by atoms with E-state index in [4.69, 9.17) is 0 Å². The quantitative estimate of drug-likeness (QED) is 0.752. The van der Waals surface area contributed by atoms with Gasteiger partial charge in [0.05, 0.1) is 12.1 Å². The van der Waals surface area contributed by atoms with E-state index in [0.717, 1.165) is 19.4 Å². The van der Waals surface area contributed by atoms with E-state index in [9.17, 15) is 4.79 Å². The Hall–Kier alpha value is -1.87. The first-order valence-electron chi connectivity index (χ1n) is 7.82. The molecular formula is C18H18N2O. The molecule has 6 rings (SSSR count). The lowest BCUT2D eigenvalue weighted by atomic mass is 9.69. The Kier molecular flexibility index (Phi) is 2.16. The largest absolute Gasteiger partial charge is 0.357 e. The Morgan fingerprint density at radius 3 is 3.00 bits per heavy atom. The molecule has 0 aliphatic carbocycles. The molecule has 106 valence electrons. The zero-order valence-corrected chi connectivity index (χ0v) is 12.1. The van der Waals surface area contributed by atoms with Crippen molar-refractivity contribution in [3.05, 3.63) is 47.2 Å². The SMILES string of the molecule is C/C=C1/CN2C3Cc4c([nH]c5ccccc45)C2CC1C3=O. The molecular weight excluding hydrogens is 260 g/mol. The number of allylic oxidation sites excluding steroid dienone is 1. The van der Waals surface area contributed by atoms with Crippen molar-refractivity contribution in [3.8, 4) is 0 Å². The molecule has 3 fully saturated rings. The summed E-state index contributed by atoms with van der Waals surface area (Å²) in [6.45, 7) is 3.03. The number of piperidine rings is 3. The lowest BCUT2D eigenvalue weighted by Crippen LogP contribution is -2.60. The van der Waals surface area contributed by atoms with E-state index in [1.165, 1.54) is 27.7 Å². The van der Waals surface area contributed by atoms with Gasteiger partial charge in [-0.05, 0) is 37.0 Å². The average Bonchev–Trinajstić information content (AvgIpc) is 2.89. The number of nitrogens with zero attached hydrogens (tertiary/aromatic N) is 1. The highest BCUT2D eigenvalue weighted by Gasteiger charge is 2.52. The lowest BCUT2D eigenvalue weighted by molar-refractivity contribution is -0.137. The molecule has 0 amide bonds. The van der Waals surface area contributed by atoms with Crippen LogP contribution in [0, 0.1) is 5.92 Å². The van der Waals surface area contributed by atoms with Gasteiger partial charge in [-0.2, -0.15) is 0 Å². The number of fused-ring (bicyclic) bond motifs is 4. The molecule has 0 saturated carbocycles. The predicted molar refractivity (Wildman–Crippen MR) is 82.1 cm³/mol. The number of rotatable bonds is 0. The van der Waals surface area contributed by atoms with Gasteiger partial charge in [-0.1, -0.05) is 24.3 Å². The van der Waals surface area contributed by atoms with Crippen molar-refractivity contribution in [2.75, 3.05) is 6.54 Å². The zero-order chi connectivity index (χ0) is 14.1. The molecule has 3 saturated heterocycles. The number of carbonyl (C=O) groups is 1. The summed E-state index contributed by atoms with van der Waals surface area (Å²) in [5.41, 5.74) is 5.28. The highest BCUT2D eigenvalue weighted by atomic mass is 16.1. The van der Waals surface area contributed by atoms with Crippen LogP contribution in [0.2, 0.25) is 0 Å². The van der Waals surface area contributed by atoms with Gasteiger partial charge in [-0.3, -0.25) is 9.69 Å². The lowest BCUT2D eigenvalue weighted by Gasteiger charge is -2.53. The molecule has 4 aliphatic rings. The maximum atomic E-state index is 12.7. The Labute approximate surface area is 123 Å². The molecule has 21 heavy (non-hydrogen) atoms. The van der Waals surface area contributed by atoms with Gasteiger partial charge in [-0.25, -0.2) is 0 Å². The average molecular weight is 278 g/mol. The number of carbonyl (C=O) groups excluding carboxylic acids is 1. The summed E-state index contributed by atoms with van der Waals surface area (Å²) in [4.78, 5) is 18.8. The van der Waals surface area contributed by atoms with E-state index in [1.54, 1.807) is 0 Å². The third kappa shape index (κ3) is 1.35. The van der Waals surface area contributed by atoms with Gasteiger partial charge in [0, 0.05) is 29.1 Å². The van der Waals surface area contributed by atoms with Crippen LogP contribution < -0.4 is 0 Å². The van der Waals surface area contributed by atoms with Gasteiger partial charge in [0.15, 0.2) is 5.78 Å². The van der Waals surface area contributed by atoms with Crippen molar-refractivity contribution in [2.24, 2.45) is 5.92 Å². The second-order valence-corrected chi connectivity index (χ2v) is 6.53. The molecule has 3 nitrogen and oxygen atoms in total. The topological polar surface area (TPSA) is 36.1 Å². The fourth-order valence-corrected chi connectivity index (χ4v) is 4.68. The minimum absolute atomic E-state index is 0.101. The van der Waals surface area contributed by atoms with Crippen LogP contribution in [0.5, 0.6) is 0 Å². The number of nitrogens with one attached hydrogen (secondary N) is 1. The molecule has 4 aliphatic heterocycles. The van der Waals surface area contributed by atoms with Gasteiger partial charge in [0.2, 0.25) is 0 Å². The Morgan fingerprint density at radius 1 is 1.29 bits per heavy atom. The summed E-state index contributed by atoms with van der Waals surface area (Å²) in [6.07, 6.45) is 3.98. The van der Waals surface area contributed by atoms with Crippen LogP contribution >= 0.6 is 0 Å². The number of hydrogen-bond donors (Lipinski definition) is 1. The molecule has 0 radical (unpaired) electrons. The molecule has 4 atom stereocenters. The molecule has 4 unspecified atom stereocenters. The first-order valence-corrected chi connectivity index (χ1v) is 7.82. The summed E-state index contributed by atoms with van der Waals surface area (Å²) >= 11 is 0. The standard InChI is InChI=1S/C18H18N2O/c1-2-10-9-20-15-7-12(10)18(21)16(20)8-13-11-5-3-4-6-14(11)19-17(13)15/h2-6,12,15-16,19H,7-9H2,1H3/b10-2-. The normalized spacial score (nSPS) is 35.5. The predicted octanol–water partition coefficient (Wildman–Crippen LogP) is 2.98. The molecule has 3 heteroatoms. The van der Waals surface area contributed by atoms with E-state index in [2.05, 4.69) is 47.1 Å². The number of Topliss-reactive ketones (excluding diaryl/α,β-unsaturated/α-hetero) is 1. The number of hydrogen-bond acceptors (Lipinski definition) is 2. The summed E-state index contributed by atoms with van der Waals surface area (Å²) in [5, 5.41) is 1.31. The maximum Gasteiger partial charge on any atom is 0.157 e. The van der Waals surface area contributed by atoms with Crippen LogP contribution in [-0.2, 0) is 11.2 Å². The van der Waals surface area contributed by atoms with Gasteiger partial charge in [0.25, 0.3) is 0 Å². The van der Waals surface area contributed by atoms with E-state index in [0.29, 0.717) is 11.8 Å². The highest BCUT2D eigenvalue weighted by molar-refractivity contribution is 5.94. The second-order valence-electron chi connectivity index (χ2n) is 6.53. The number of H-pyrrole nitrogens is 1. The molecule has 1 aromatic carbocycles. The highest BCUT2D eigenvalue weighted by Crippen LogP contribution is 2.50. The third-order valence-corrected chi connectivity index (χ3v) is 5.69. The van der Waals surface area contributed by atoms with Crippen LogP contribution in [0.3, 0.4) is 0 Å². The monoisotopic (exact) mass is 278 g/mol. The molecule has 1 N–H and O–H groups in total. The van der Waals surface area contributed by atoms with Gasteiger partial charge >= 0.3 is 0 Å². The molecule has 2 aromatic rings. The van der Waals surface area contributed by atoms with Crippen molar-refractivity contribution >= 4 is 16.7 Å². The zero-order valence-electron chi connectivity index (χ0n) is 12.1. The molecule has 1 aromatic heterocycles. The summed E-state index contributed by atoms with van der Waals surface area (Å²) < 4.78 is 0. The van der Waals surface area contributed by atoms with E-state index in [1.807, 2.05) is 0 Å². The van der Waals surface area contributed by atoms with E-state index < -0.39 is 0 Å². The Bertz CT molecular complexity index is 801. The number of ketones is 1. The Balaban J connectivity index is 1.72. The number of aromatic amines is 1. The third-order valence-electron chi connectivity index (χ3n) is 5.69. The number of para-hydroxylation sites is 1. The van der Waals surface area contributed by atoms with Gasteiger partial charge in [0.1, 0.15) is 0 Å². The molecule has 4 bridgehead atoms. The van der Waals surface area contributed by atoms with Gasteiger partial charge in [-0.15, -0.1) is 0 Å². The minimum Gasteiger partial charge on any atom is -0.357 e. The van der Waals surface area contributed by atoms with Crippen LogP contribution in [0.25, 0.3) is 10.9 Å². The summed E-state index contributed by atoms with van der Waals surface area (Å²) in [7, 11) is 0. The fourth-order valence-electron chi connectivity index (χ4n) is 4.68. The molecule has 0 spiro atoms. The summed E-state index contributed by atoms with van der Waals surface area (Å²) in [5.74, 6) is 0.607. The van der Waals surface area contributed by atoms with Gasteiger partial charge < -0.3 is 4.98 Å². The number of benzene rings is 1. The summed E-state index contributed by atoms with van der Waals surface area (Å²) in [6, 6.07) is 8.99. The van der Waals surface area contributed by atoms with E-state index in [-0.39, 0.29) is 12.0 Å². The second kappa shape index (κ2) is 3.86. The first kappa shape index (κ1) is 11.8. The minimum atomic E-state index is 0.101. The number of aromatic nitrogens is 1. The molecule has 5 heterocycles. The first-order chi connectivity index (χ1) is 10.3. The van der Waals surface area contributed by atoms with Crippen LogP contribution in [-0.4, -0.2) is 28.3 Å². The van der Waals surface area contributed by atoms with Crippen molar-refractivity contribution < 1.29 is 4.79 Å². The maximum absolute atomic E-state index is 12.7. The van der Waals surface area contributed by atoms with Crippen LogP contribution in [0.15, 0.2) is 35.9 Å². The van der Waals surface area contributed by atoms with E-state index >= 15 is 0 Å². The fraction of sp³-hybridized carbons (Fsp3) is 0.389. The van der Waals surface area contributed by atoms with Crippen molar-refractivity contribution in [3.63, 3.8) is 0 Å². The van der Waals surface area contributed by atoms with Crippen molar-refractivity contribution in [1.82, 2.24) is 9.88 Å². The van der Waals surface area contributed by atoms with Crippen molar-refractivity contribution in [1.29, 1.82) is 0 Å². The van der Waals surface area contributed by atoms with Crippen LogP contribution in [0.1, 0.15) is 30.6 Å². The smallest absolute Gasteiger partial charge is 0.157 e. The Morgan fingerprint density at radius 2 is 2.14 bits per heavy atom. The van der Waals surface area contributed by atoms with Crippen molar-refractivity contribution in [2.45, 2.75) is 31.8 Å².